The number of rotatable bonds is 9. The predicted octanol–water partition coefficient (Wildman–Crippen LogP) is 0.816. The lowest BCUT2D eigenvalue weighted by atomic mass is 10.1. The highest BCUT2D eigenvalue weighted by Crippen LogP contribution is 2.16. The van der Waals surface area contributed by atoms with E-state index >= 15 is 0 Å². The van der Waals surface area contributed by atoms with Crippen molar-refractivity contribution in [2.45, 2.75) is 13.3 Å². The van der Waals surface area contributed by atoms with E-state index in [4.69, 9.17) is 4.74 Å². The van der Waals surface area contributed by atoms with Crippen molar-refractivity contribution in [2.24, 2.45) is 0 Å². The Kier molecular flexibility index (Phi) is 7.82. The minimum Gasteiger partial charge on any atom is -0.497 e. The first kappa shape index (κ1) is 20.5. The van der Waals surface area contributed by atoms with Crippen molar-refractivity contribution in [3.05, 3.63) is 59.7 Å². The third-order valence-corrected chi connectivity index (χ3v) is 4.26. The van der Waals surface area contributed by atoms with Crippen molar-refractivity contribution in [1.82, 2.24) is 5.32 Å². The molecule has 2 amide bonds. The van der Waals surface area contributed by atoms with Crippen molar-refractivity contribution in [3.8, 4) is 5.75 Å². The number of nitrogens with one attached hydrogen (secondary N) is 3. The second-order valence-corrected chi connectivity index (χ2v) is 6.62. The lowest BCUT2D eigenvalue weighted by molar-refractivity contribution is -0.862. The molecule has 3 N–H and O–H groups in total. The molecule has 0 aliphatic carbocycles. The van der Waals surface area contributed by atoms with Crippen LogP contribution in [0.2, 0.25) is 0 Å². The molecule has 1 atom stereocenters. The molecule has 0 aromatic heterocycles. The Bertz CT molecular complexity index is 777. The number of carbonyl (C=O) groups excluding carboxylic acids is 2. The molecule has 0 bridgehead atoms. The fourth-order valence-corrected chi connectivity index (χ4v) is 2.81. The minimum absolute atomic E-state index is 0.0599. The zero-order chi connectivity index (χ0) is 19.6. The number of methoxy groups -OCH3 is 1. The molecule has 0 heterocycles. The Labute approximate surface area is 160 Å². The van der Waals surface area contributed by atoms with Crippen LogP contribution in [0.15, 0.2) is 48.5 Å². The summed E-state index contributed by atoms with van der Waals surface area (Å²) >= 11 is 0. The molecule has 2 rings (SSSR count). The van der Waals surface area contributed by atoms with Gasteiger partial charge in [0.25, 0.3) is 11.8 Å². The summed E-state index contributed by atoms with van der Waals surface area (Å²) in [6.45, 7) is 3.12. The third kappa shape index (κ3) is 7.11. The normalized spacial score (nSPS) is 11.5. The van der Waals surface area contributed by atoms with E-state index in [0.29, 0.717) is 18.0 Å². The molecule has 0 radical (unpaired) electrons. The molecule has 0 aliphatic heterocycles. The van der Waals surface area contributed by atoms with Gasteiger partial charge in [-0.15, -0.1) is 0 Å². The minimum atomic E-state index is -0.145. The molecule has 27 heavy (non-hydrogen) atoms. The number of benzene rings is 2. The van der Waals surface area contributed by atoms with Crippen LogP contribution in [0.25, 0.3) is 0 Å². The molecule has 0 saturated heterocycles. The highest BCUT2D eigenvalue weighted by atomic mass is 16.5. The van der Waals surface area contributed by atoms with Crippen LogP contribution in [-0.4, -0.2) is 45.6 Å². The van der Waals surface area contributed by atoms with E-state index in [1.165, 1.54) is 11.1 Å². The van der Waals surface area contributed by atoms with E-state index in [2.05, 4.69) is 29.7 Å². The Morgan fingerprint density at radius 2 is 1.78 bits per heavy atom. The van der Waals surface area contributed by atoms with Gasteiger partial charge in [-0.25, -0.2) is 0 Å². The summed E-state index contributed by atoms with van der Waals surface area (Å²) in [5.41, 5.74) is 3.13. The maximum absolute atomic E-state index is 12.1. The van der Waals surface area contributed by atoms with Gasteiger partial charge in [0.1, 0.15) is 5.75 Å². The van der Waals surface area contributed by atoms with E-state index < -0.39 is 0 Å². The van der Waals surface area contributed by atoms with Crippen LogP contribution in [0, 0.1) is 6.92 Å². The monoisotopic (exact) mass is 370 g/mol. The van der Waals surface area contributed by atoms with Crippen LogP contribution >= 0.6 is 0 Å². The van der Waals surface area contributed by atoms with E-state index in [1.807, 2.05) is 31.3 Å². The van der Waals surface area contributed by atoms with E-state index in [0.717, 1.165) is 11.3 Å². The van der Waals surface area contributed by atoms with E-state index in [-0.39, 0.29) is 24.9 Å². The van der Waals surface area contributed by atoms with Crippen molar-refractivity contribution in [2.75, 3.05) is 39.1 Å². The van der Waals surface area contributed by atoms with Crippen LogP contribution < -0.4 is 20.3 Å². The summed E-state index contributed by atoms with van der Waals surface area (Å²) in [7, 11) is 3.41. The summed E-state index contributed by atoms with van der Waals surface area (Å²) in [6.07, 6.45) is 0.799. The van der Waals surface area contributed by atoms with Crippen molar-refractivity contribution < 1.29 is 19.2 Å². The number of likely N-dealkylation sites (N-methyl/N-ethyl adjacent to an activating group) is 1. The fraction of sp³-hybridized carbons (Fsp3) is 0.333. The van der Waals surface area contributed by atoms with Gasteiger partial charge < -0.3 is 20.3 Å². The molecule has 1 unspecified atom stereocenters. The fourth-order valence-electron chi connectivity index (χ4n) is 2.81. The molecular formula is C21H28N3O3+. The number of hydrogen-bond donors (Lipinski definition) is 3. The first-order valence-electron chi connectivity index (χ1n) is 9.04. The SMILES string of the molecule is COc1cccc(NC(=O)C[NH+](C)CC(=O)NCCc2ccccc2C)c1. The van der Waals surface area contributed by atoms with Crippen LogP contribution in [0.5, 0.6) is 5.75 Å². The molecule has 6 nitrogen and oxygen atoms in total. The van der Waals surface area contributed by atoms with Gasteiger partial charge in [0, 0.05) is 18.3 Å². The zero-order valence-electron chi connectivity index (χ0n) is 16.2. The topological polar surface area (TPSA) is 71.9 Å². The van der Waals surface area contributed by atoms with Crippen molar-refractivity contribution >= 4 is 17.5 Å². The summed E-state index contributed by atoms with van der Waals surface area (Å²) in [4.78, 5) is 25.0. The molecular weight excluding hydrogens is 342 g/mol. The van der Waals surface area contributed by atoms with Crippen LogP contribution in [0.1, 0.15) is 11.1 Å². The van der Waals surface area contributed by atoms with Crippen molar-refractivity contribution in [1.29, 1.82) is 0 Å². The summed E-state index contributed by atoms with van der Waals surface area (Å²) in [5.74, 6) is 0.477. The summed E-state index contributed by atoms with van der Waals surface area (Å²) in [5, 5.41) is 5.74. The Balaban J connectivity index is 1.70. The number of quaternary nitrogens is 1. The Morgan fingerprint density at radius 3 is 2.52 bits per heavy atom. The molecule has 0 fully saturated rings. The number of anilines is 1. The summed E-state index contributed by atoms with van der Waals surface area (Å²) in [6, 6.07) is 15.3. The first-order chi connectivity index (χ1) is 13.0. The van der Waals surface area contributed by atoms with Gasteiger partial charge in [0.05, 0.1) is 14.2 Å². The van der Waals surface area contributed by atoms with Gasteiger partial charge in [-0.05, 0) is 36.6 Å². The first-order valence-corrected chi connectivity index (χ1v) is 9.04. The largest absolute Gasteiger partial charge is 0.497 e. The lowest BCUT2D eigenvalue weighted by Gasteiger charge is -2.14. The highest BCUT2D eigenvalue weighted by Gasteiger charge is 2.14. The Morgan fingerprint density at radius 1 is 1.04 bits per heavy atom. The maximum atomic E-state index is 12.1. The van der Waals surface area contributed by atoms with Crippen LogP contribution in [0.4, 0.5) is 5.69 Å². The van der Waals surface area contributed by atoms with Crippen molar-refractivity contribution in [3.63, 3.8) is 0 Å². The van der Waals surface area contributed by atoms with Gasteiger partial charge in [-0.2, -0.15) is 0 Å². The number of ether oxygens (including phenoxy) is 1. The van der Waals surface area contributed by atoms with E-state index in [9.17, 15) is 9.59 Å². The van der Waals surface area contributed by atoms with Gasteiger partial charge >= 0.3 is 0 Å². The second-order valence-electron chi connectivity index (χ2n) is 6.62. The average molecular weight is 370 g/mol. The molecule has 0 spiro atoms. The van der Waals surface area contributed by atoms with Crippen LogP contribution in [0.3, 0.4) is 0 Å². The standard InChI is InChI=1S/C21H27N3O3/c1-16-7-4-5-8-17(16)11-12-22-20(25)14-24(2)15-21(26)23-18-9-6-10-19(13-18)27-3/h4-10,13H,11-12,14-15H2,1-3H3,(H,22,25)(H,23,26)/p+1. The van der Waals surface area contributed by atoms with Crippen LogP contribution in [-0.2, 0) is 16.0 Å². The smallest absolute Gasteiger partial charge is 0.279 e. The van der Waals surface area contributed by atoms with Gasteiger partial charge in [0.15, 0.2) is 13.1 Å². The third-order valence-electron chi connectivity index (χ3n) is 4.26. The molecule has 2 aromatic rings. The molecule has 2 aromatic carbocycles. The number of carbonyl (C=O) groups is 2. The highest BCUT2D eigenvalue weighted by molar-refractivity contribution is 5.91. The average Bonchev–Trinajstić information content (AvgIpc) is 2.63. The molecule has 0 aliphatic rings. The lowest BCUT2D eigenvalue weighted by Crippen LogP contribution is -3.11. The zero-order valence-corrected chi connectivity index (χ0v) is 16.2. The number of hydrogen-bond acceptors (Lipinski definition) is 3. The summed E-state index contributed by atoms with van der Waals surface area (Å²) < 4.78 is 5.14. The molecule has 0 saturated carbocycles. The number of amides is 2. The molecule has 6 heteroatoms. The van der Waals surface area contributed by atoms with Gasteiger partial charge in [-0.1, -0.05) is 30.3 Å². The second kappa shape index (κ2) is 10.3. The molecule has 144 valence electrons. The Hall–Kier alpha value is -2.86. The van der Waals surface area contributed by atoms with Gasteiger partial charge in [0.2, 0.25) is 0 Å². The maximum Gasteiger partial charge on any atom is 0.279 e. The quantitative estimate of drug-likeness (QED) is 0.612. The predicted molar refractivity (Wildman–Crippen MR) is 106 cm³/mol. The number of aryl methyl sites for hydroxylation is 1. The van der Waals surface area contributed by atoms with Gasteiger partial charge in [-0.3, -0.25) is 9.59 Å². The van der Waals surface area contributed by atoms with E-state index in [1.54, 1.807) is 19.2 Å².